The first-order chi connectivity index (χ1) is 8.34. The molecule has 0 saturated heterocycles. The summed E-state index contributed by atoms with van der Waals surface area (Å²) in [7, 11) is -3.29. The third kappa shape index (κ3) is 4.96. The average Bonchev–Trinajstić information content (AvgIpc) is 2.27. The highest BCUT2D eigenvalue weighted by Crippen LogP contribution is 2.15. The second-order valence-corrected chi connectivity index (χ2v) is 6.90. The van der Waals surface area contributed by atoms with Crippen molar-refractivity contribution in [2.75, 3.05) is 11.6 Å². The van der Waals surface area contributed by atoms with Gasteiger partial charge in [-0.2, -0.15) is 0 Å². The molecular weight excluding hydrogens is 270 g/mol. The van der Waals surface area contributed by atoms with Gasteiger partial charge in [-0.15, -0.1) is 11.6 Å². The lowest BCUT2D eigenvalue weighted by atomic mass is 10.1. The molecule has 0 saturated carbocycles. The summed E-state index contributed by atoms with van der Waals surface area (Å²) in [4.78, 5) is 0. The lowest BCUT2D eigenvalue weighted by Crippen LogP contribution is -2.31. The van der Waals surface area contributed by atoms with Gasteiger partial charge in [0.2, 0.25) is 10.0 Å². The Kier molecular flexibility index (Phi) is 5.63. The van der Waals surface area contributed by atoms with Gasteiger partial charge in [-0.1, -0.05) is 36.8 Å². The van der Waals surface area contributed by atoms with Crippen LogP contribution >= 0.6 is 11.6 Å². The molecule has 1 N–H and O–H groups in total. The number of alkyl halides is 1. The molecule has 0 bridgehead atoms. The predicted molar refractivity (Wildman–Crippen MR) is 76.4 cm³/mol. The van der Waals surface area contributed by atoms with Gasteiger partial charge in [-0.3, -0.25) is 0 Å². The largest absolute Gasteiger partial charge is 0.212 e. The highest BCUT2D eigenvalue weighted by atomic mass is 35.5. The molecule has 3 nitrogen and oxygen atoms in total. The summed E-state index contributed by atoms with van der Waals surface area (Å²) in [6.45, 7) is 5.65. The molecule has 2 atom stereocenters. The van der Waals surface area contributed by atoms with Gasteiger partial charge in [-0.05, 0) is 25.3 Å². The van der Waals surface area contributed by atoms with Gasteiger partial charge in [0, 0.05) is 11.9 Å². The molecule has 0 amide bonds. The topological polar surface area (TPSA) is 46.2 Å². The Labute approximate surface area is 115 Å². The third-order valence-corrected chi connectivity index (χ3v) is 4.91. The molecule has 18 heavy (non-hydrogen) atoms. The number of aryl methyl sites for hydroxylation is 1. The molecule has 1 aromatic rings. The van der Waals surface area contributed by atoms with Crippen LogP contribution in [0.3, 0.4) is 0 Å². The SMILES string of the molecule is Cc1cccc([C@@H](C)NS(=O)(=O)CC(C)CCl)c1. The Morgan fingerprint density at radius 3 is 2.56 bits per heavy atom. The summed E-state index contributed by atoms with van der Waals surface area (Å²) in [5.41, 5.74) is 2.09. The van der Waals surface area contributed by atoms with E-state index >= 15 is 0 Å². The third-order valence-electron chi connectivity index (χ3n) is 2.67. The van der Waals surface area contributed by atoms with Crippen molar-refractivity contribution >= 4 is 21.6 Å². The van der Waals surface area contributed by atoms with Gasteiger partial charge in [0.25, 0.3) is 0 Å². The standard InChI is InChI=1S/C13H20ClNO2S/c1-10-5-4-6-13(7-10)12(3)15-18(16,17)9-11(2)8-14/h4-7,11-12,15H,8-9H2,1-3H3/t11?,12-/m1/s1. The van der Waals surface area contributed by atoms with Crippen molar-refractivity contribution in [2.45, 2.75) is 26.8 Å². The van der Waals surface area contributed by atoms with E-state index in [4.69, 9.17) is 11.6 Å². The summed E-state index contributed by atoms with van der Waals surface area (Å²) in [6.07, 6.45) is 0. The van der Waals surface area contributed by atoms with Crippen molar-refractivity contribution in [3.8, 4) is 0 Å². The zero-order chi connectivity index (χ0) is 13.8. The van der Waals surface area contributed by atoms with Crippen LogP contribution in [0, 0.1) is 12.8 Å². The van der Waals surface area contributed by atoms with Gasteiger partial charge in [0.15, 0.2) is 0 Å². The first-order valence-electron chi connectivity index (χ1n) is 5.96. The van der Waals surface area contributed by atoms with Crippen molar-refractivity contribution in [2.24, 2.45) is 5.92 Å². The van der Waals surface area contributed by atoms with E-state index in [0.717, 1.165) is 11.1 Å². The van der Waals surface area contributed by atoms with E-state index in [0.29, 0.717) is 5.88 Å². The Morgan fingerprint density at radius 2 is 2.00 bits per heavy atom. The van der Waals surface area contributed by atoms with E-state index in [-0.39, 0.29) is 17.7 Å². The van der Waals surface area contributed by atoms with Crippen LogP contribution in [0.2, 0.25) is 0 Å². The van der Waals surface area contributed by atoms with Gasteiger partial charge in [-0.25, -0.2) is 13.1 Å². The molecule has 0 radical (unpaired) electrons. The average molecular weight is 290 g/mol. The van der Waals surface area contributed by atoms with E-state index in [9.17, 15) is 8.42 Å². The van der Waals surface area contributed by atoms with Crippen molar-refractivity contribution in [3.05, 3.63) is 35.4 Å². The second kappa shape index (κ2) is 6.55. The van der Waals surface area contributed by atoms with Crippen molar-refractivity contribution in [3.63, 3.8) is 0 Å². The normalized spacial score (nSPS) is 15.3. The van der Waals surface area contributed by atoms with Crippen LogP contribution < -0.4 is 4.72 Å². The van der Waals surface area contributed by atoms with E-state index < -0.39 is 10.0 Å². The molecule has 0 fully saturated rings. The van der Waals surface area contributed by atoms with E-state index in [1.165, 1.54) is 0 Å². The van der Waals surface area contributed by atoms with Crippen LogP contribution in [0.4, 0.5) is 0 Å². The Hall–Kier alpha value is -0.580. The summed E-state index contributed by atoms with van der Waals surface area (Å²) >= 11 is 5.64. The maximum absolute atomic E-state index is 11.9. The smallest absolute Gasteiger partial charge is 0.212 e. The highest BCUT2D eigenvalue weighted by molar-refractivity contribution is 7.89. The van der Waals surface area contributed by atoms with Gasteiger partial charge in [0.05, 0.1) is 5.75 Å². The number of rotatable bonds is 6. The molecule has 102 valence electrons. The molecule has 0 aliphatic heterocycles. The summed E-state index contributed by atoms with van der Waals surface area (Å²) in [6, 6.07) is 7.60. The molecule has 0 spiro atoms. The molecule has 1 rings (SSSR count). The fourth-order valence-corrected chi connectivity index (χ4v) is 3.62. The highest BCUT2D eigenvalue weighted by Gasteiger charge is 2.18. The summed E-state index contributed by atoms with van der Waals surface area (Å²) in [5, 5.41) is 0. The molecule has 0 aliphatic rings. The quantitative estimate of drug-likeness (QED) is 0.819. The number of hydrogen-bond donors (Lipinski definition) is 1. The van der Waals surface area contributed by atoms with E-state index in [1.807, 2.05) is 45.0 Å². The van der Waals surface area contributed by atoms with Gasteiger partial charge in [0.1, 0.15) is 0 Å². The minimum Gasteiger partial charge on any atom is -0.212 e. The fourth-order valence-electron chi connectivity index (χ4n) is 1.74. The van der Waals surface area contributed by atoms with Crippen molar-refractivity contribution in [1.82, 2.24) is 4.72 Å². The molecular formula is C13H20ClNO2S. The van der Waals surface area contributed by atoms with E-state index in [2.05, 4.69) is 4.72 Å². The first kappa shape index (κ1) is 15.5. The van der Waals surface area contributed by atoms with Crippen molar-refractivity contribution in [1.29, 1.82) is 0 Å². The maximum Gasteiger partial charge on any atom is 0.212 e. The molecule has 0 aliphatic carbocycles. The fraction of sp³-hybridized carbons (Fsp3) is 0.538. The second-order valence-electron chi connectivity index (χ2n) is 4.79. The lowest BCUT2D eigenvalue weighted by molar-refractivity contribution is 0.555. The molecule has 1 aromatic carbocycles. The maximum atomic E-state index is 11.9. The van der Waals surface area contributed by atoms with Crippen LogP contribution in [-0.2, 0) is 10.0 Å². The van der Waals surface area contributed by atoms with Crippen LogP contribution in [0.5, 0.6) is 0 Å². The van der Waals surface area contributed by atoms with Crippen LogP contribution in [0.25, 0.3) is 0 Å². The molecule has 5 heteroatoms. The number of nitrogens with one attached hydrogen (secondary N) is 1. The van der Waals surface area contributed by atoms with Crippen molar-refractivity contribution < 1.29 is 8.42 Å². The van der Waals surface area contributed by atoms with Crippen LogP contribution in [-0.4, -0.2) is 20.1 Å². The lowest BCUT2D eigenvalue weighted by Gasteiger charge is -2.16. The Balaban J connectivity index is 2.72. The Bertz CT molecular complexity index is 488. The number of benzene rings is 1. The predicted octanol–water partition coefficient (Wildman–Crippen LogP) is 2.85. The monoisotopic (exact) mass is 289 g/mol. The number of halogens is 1. The summed E-state index contributed by atoms with van der Waals surface area (Å²) in [5.74, 6) is 0.362. The van der Waals surface area contributed by atoms with Gasteiger partial charge >= 0.3 is 0 Å². The Morgan fingerprint density at radius 1 is 1.33 bits per heavy atom. The molecule has 1 unspecified atom stereocenters. The van der Waals surface area contributed by atoms with E-state index in [1.54, 1.807) is 0 Å². The minimum absolute atomic E-state index is 0.0473. The molecule has 0 heterocycles. The first-order valence-corrected chi connectivity index (χ1v) is 8.15. The minimum atomic E-state index is -3.29. The number of sulfonamides is 1. The zero-order valence-corrected chi connectivity index (χ0v) is 12.6. The van der Waals surface area contributed by atoms with Crippen LogP contribution in [0.1, 0.15) is 31.0 Å². The summed E-state index contributed by atoms with van der Waals surface area (Å²) < 4.78 is 26.5. The van der Waals surface area contributed by atoms with Gasteiger partial charge < -0.3 is 0 Å². The van der Waals surface area contributed by atoms with Crippen LogP contribution in [0.15, 0.2) is 24.3 Å². The number of hydrogen-bond acceptors (Lipinski definition) is 2. The molecule has 0 aromatic heterocycles. The zero-order valence-electron chi connectivity index (χ0n) is 11.0.